The minimum atomic E-state index is -0.346. The number of nitrogens with one attached hydrogen (secondary N) is 2. The lowest BCUT2D eigenvalue weighted by molar-refractivity contribution is -0.120. The van der Waals surface area contributed by atoms with Crippen molar-refractivity contribution in [3.8, 4) is 0 Å². The van der Waals surface area contributed by atoms with E-state index in [4.69, 9.17) is 0 Å². The van der Waals surface area contributed by atoms with E-state index < -0.39 is 0 Å². The lowest BCUT2D eigenvalue weighted by atomic mass is 10.0. The van der Waals surface area contributed by atoms with Crippen molar-refractivity contribution in [3.63, 3.8) is 0 Å². The number of anilines is 1. The van der Waals surface area contributed by atoms with Crippen LogP contribution in [0.25, 0.3) is 22.1 Å². The molecule has 6 nitrogen and oxygen atoms in total. The Balaban J connectivity index is 1.96. The molecule has 0 aliphatic heterocycles. The highest BCUT2D eigenvalue weighted by molar-refractivity contribution is 6.03. The molecule has 3 aromatic rings. The minimum absolute atomic E-state index is 0.0730. The molecule has 0 aliphatic rings. The van der Waals surface area contributed by atoms with Crippen molar-refractivity contribution in [2.24, 2.45) is 5.92 Å². The fourth-order valence-electron chi connectivity index (χ4n) is 2.47. The van der Waals surface area contributed by atoms with E-state index in [0.717, 1.165) is 18.4 Å². The number of fused-ring (bicyclic) bond motifs is 3. The minimum Gasteiger partial charge on any atom is -0.338 e. The topological polar surface area (TPSA) is 83.6 Å². The van der Waals surface area contributed by atoms with Gasteiger partial charge in [0.1, 0.15) is 11.3 Å². The Morgan fingerprint density at radius 3 is 2.82 bits per heavy atom. The highest BCUT2D eigenvalue weighted by Crippen LogP contribution is 2.23. The van der Waals surface area contributed by atoms with E-state index in [2.05, 4.69) is 25.5 Å². The molecule has 3 rings (SSSR count). The van der Waals surface area contributed by atoms with Crippen molar-refractivity contribution < 1.29 is 9.18 Å². The second-order valence-electron chi connectivity index (χ2n) is 5.15. The molecule has 0 aliphatic carbocycles. The van der Waals surface area contributed by atoms with E-state index in [1.54, 1.807) is 6.07 Å². The van der Waals surface area contributed by atoms with E-state index >= 15 is 0 Å². The first kappa shape index (κ1) is 14.4. The SMILES string of the molecule is CCC(CC)C(=O)Nc1nnc2c(n1)[nH]c1ccc(F)cc12. The summed E-state index contributed by atoms with van der Waals surface area (Å²) in [5.41, 5.74) is 1.67. The smallest absolute Gasteiger partial charge is 0.251 e. The molecule has 0 atom stereocenters. The van der Waals surface area contributed by atoms with Gasteiger partial charge in [-0.2, -0.15) is 4.98 Å². The molecule has 0 radical (unpaired) electrons. The van der Waals surface area contributed by atoms with Crippen molar-refractivity contribution in [1.82, 2.24) is 20.2 Å². The van der Waals surface area contributed by atoms with E-state index in [0.29, 0.717) is 16.6 Å². The summed E-state index contributed by atoms with van der Waals surface area (Å²) >= 11 is 0. The van der Waals surface area contributed by atoms with Crippen molar-refractivity contribution in [3.05, 3.63) is 24.0 Å². The summed E-state index contributed by atoms with van der Waals surface area (Å²) in [5.74, 6) is -0.387. The molecule has 0 spiro atoms. The number of hydrogen-bond acceptors (Lipinski definition) is 4. The van der Waals surface area contributed by atoms with Crippen LogP contribution in [0.2, 0.25) is 0 Å². The summed E-state index contributed by atoms with van der Waals surface area (Å²) in [6, 6.07) is 4.37. The Hall–Kier alpha value is -2.57. The Morgan fingerprint density at radius 2 is 2.09 bits per heavy atom. The van der Waals surface area contributed by atoms with Crippen LogP contribution in [0.4, 0.5) is 10.3 Å². The summed E-state index contributed by atoms with van der Waals surface area (Å²) in [6.45, 7) is 3.92. The molecule has 22 heavy (non-hydrogen) atoms. The number of halogens is 1. The molecule has 0 unspecified atom stereocenters. The van der Waals surface area contributed by atoms with Gasteiger partial charge < -0.3 is 4.98 Å². The Labute approximate surface area is 126 Å². The Bertz CT molecular complexity index is 840. The van der Waals surface area contributed by atoms with Crippen molar-refractivity contribution >= 4 is 33.9 Å². The van der Waals surface area contributed by atoms with Gasteiger partial charge in [-0.25, -0.2) is 4.39 Å². The van der Waals surface area contributed by atoms with Crippen LogP contribution in [0, 0.1) is 11.7 Å². The maximum absolute atomic E-state index is 13.3. The van der Waals surface area contributed by atoms with Gasteiger partial charge in [0.2, 0.25) is 5.91 Å². The summed E-state index contributed by atoms with van der Waals surface area (Å²) in [7, 11) is 0. The Morgan fingerprint density at radius 1 is 1.32 bits per heavy atom. The summed E-state index contributed by atoms with van der Waals surface area (Å²) in [5, 5.41) is 11.3. The number of aromatic amines is 1. The third-order valence-electron chi connectivity index (χ3n) is 3.77. The lowest BCUT2D eigenvalue weighted by Crippen LogP contribution is -2.23. The molecule has 7 heteroatoms. The van der Waals surface area contributed by atoms with Crippen LogP contribution in [0.5, 0.6) is 0 Å². The number of amides is 1. The van der Waals surface area contributed by atoms with Crippen LogP contribution in [0.15, 0.2) is 18.2 Å². The van der Waals surface area contributed by atoms with Crippen LogP contribution in [0.3, 0.4) is 0 Å². The number of carbonyl (C=O) groups is 1. The van der Waals surface area contributed by atoms with E-state index in [-0.39, 0.29) is 23.6 Å². The monoisotopic (exact) mass is 301 g/mol. The standard InChI is InChI=1S/C15H16FN5O/c1-3-8(4-2)14(22)19-15-18-13-12(20-21-15)10-7-9(16)5-6-11(10)17-13/h5-8H,3-4H2,1-2H3,(H2,17,18,19,21,22). The zero-order valence-electron chi connectivity index (χ0n) is 12.4. The number of carbonyl (C=O) groups excluding carboxylic acids is 1. The van der Waals surface area contributed by atoms with Crippen LogP contribution < -0.4 is 5.32 Å². The third kappa shape index (κ3) is 2.49. The van der Waals surface area contributed by atoms with Gasteiger partial charge in [-0.15, -0.1) is 10.2 Å². The average Bonchev–Trinajstić information content (AvgIpc) is 2.85. The second kappa shape index (κ2) is 5.67. The fraction of sp³-hybridized carbons (Fsp3) is 0.333. The molecule has 1 amide bonds. The summed E-state index contributed by atoms with van der Waals surface area (Å²) in [6.07, 6.45) is 1.51. The molecule has 0 fully saturated rings. The van der Waals surface area contributed by atoms with Gasteiger partial charge in [0.15, 0.2) is 5.65 Å². The first-order valence-corrected chi connectivity index (χ1v) is 7.24. The van der Waals surface area contributed by atoms with E-state index in [9.17, 15) is 9.18 Å². The van der Waals surface area contributed by atoms with Crippen molar-refractivity contribution in [2.75, 3.05) is 5.32 Å². The zero-order chi connectivity index (χ0) is 15.7. The summed E-state index contributed by atoms with van der Waals surface area (Å²) < 4.78 is 13.3. The van der Waals surface area contributed by atoms with Crippen LogP contribution >= 0.6 is 0 Å². The van der Waals surface area contributed by atoms with Gasteiger partial charge in [0.25, 0.3) is 5.95 Å². The normalized spacial score (nSPS) is 11.5. The number of nitrogens with zero attached hydrogens (tertiary/aromatic N) is 3. The van der Waals surface area contributed by atoms with Crippen LogP contribution in [-0.4, -0.2) is 26.1 Å². The predicted octanol–water partition coefficient (Wildman–Crippen LogP) is 3.02. The van der Waals surface area contributed by atoms with Crippen molar-refractivity contribution in [1.29, 1.82) is 0 Å². The molecule has 2 aromatic heterocycles. The quantitative estimate of drug-likeness (QED) is 0.776. The van der Waals surface area contributed by atoms with E-state index in [1.807, 2.05) is 13.8 Å². The number of aromatic nitrogens is 4. The van der Waals surface area contributed by atoms with Gasteiger partial charge in [0, 0.05) is 16.8 Å². The van der Waals surface area contributed by atoms with Gasteiger partial charge >= 0.3 is 0 Å². The molecule has 0 bridgehead atoms. The van der Waals surface area contributed by atoms with Gasteiger partial charge in [-0.05, 0) is 31.0 Å². The molecule has 2 N–H and O–H groups in total. The first-order valence-electron chi connectivity index (χ1n) is 7.24. The van der Waals surface area contributed by atoms with Crippen LogP contribution in [-0.2, 0) is 4.79 Å². The highest BCUT2D eigenvalue weighted by atomic mass is 19.1. The number of rotatable bonds is 4. The zero-order valence-corrected chi connectivity index (χ0v) is 12.4. The maximum atomic E-state index is 13.3. The highest BCUT2D eigenvalue weighted by Gasteiger charge is 2.16. The average molecular weight is 301 g/mol. The van der Waals surface area contributed by atoms with E-state index in [1.165, 1.54) is 12.1 Å². The summed E-state index contributed by atoms with van der Waals surface area (Å²) in [4.78, 5) is 19.3. The fourth-order valence-corrected chi connectivity index (χ4v) is 2.47. The second-order valence-corrected chi connectivity index (χ2v) is 5.15. The molecule has 2 heterocycles. The number of H-pyrrole nitrogens is 1. The van der Waals surface area contributed by atoms with Gasteiger partial charge in [0.05, 0.1) is 0 Å². The maximum Gasteiger partial charge on any atom is 0.251 e. The van der Waals surface area contributed by atoms with Crippen LogP contribution in [0.1, 0.15) is 26.7 Å². The lowest BCUT2D eigenvalue weighted by Gasteiger charge is -2.10. The first-order chi connectivity index (χ1) is 10.6. The van der Waals surface area contributed by atoms with Crippen molar-refractivity contribution in [2.45, 2.75) is 26.7 Å². The molecule has 0 saturated heterocycles. The number of hydrogen-bond donors (Lipinski definition) is 2. The predicted molar refractivity (Wildman–Crippen MR) is 81.8 cm³/mol. The third-order valence-corrected chi connectivity index (χ3v) is 3.77. The molecule has 1 aromatic carbocycles. The molecule has 0 saturated carbocycles. The number of benzene rings is 1. The largest absolute Gasteiger partial charge is 0.338 e. The molecule has 114 valence electrons. The molecular weight excluding hydrogens is 285 g/mol. The van der Waals surface area contributed by atoms with Gasteiger partial charge in [-0.3, -0.25) is 10.1 Å². The molecular formula is C15H16FN5O. The Kier molecular flexibility index (Phi) is 3.70. The van der Waals surface area contributed by atoms with Gasteiger partial charge in [-0.1, -0.05) is 13.8 Å².